The Balaban J connectivity index is 2.11. The van der Waals surface area contributed by atoms with Gasteiger partial charge in [-0.1, -0.05) is 0 Å². The van der Waals surface area contributed by atoms with Crippen LogP contribution >= 0.6 is 11.8 Å². The van der Waals surface area contributed by atoms with Gasteiger partial charge in [-0.15, -0.1) is 0 Å². The molecule has 2 unspecified atom stereocenters. The summed E-state index contributed by atoms with van der Waals surface area (Å²) < 4.78 is 0. The Hall–Kier alpha value is -1.24. The SMILES string of the molecule is O=CNC(CCSCC1CCC(=O)N1)C(=O)O. The second-order valence-corrected chi connectivity index (χ2v) is 4.99. The first-order chi connectivity index (χ1) is 8.13. The average molecular weight is 260 g/mol. The Kier molecular flexibility index (Phi) is 5.82. The molecule has 7 heteroatoms. The third kappa shape index (κ3) is 5.08. The van der Waals surface area contributed by atoms with Crippen molar-refractivity contribution in [1.82, 2.24) is 10.6 Å². The largest absolute Gasteiger partial charge is 0.480 e. The molecule has 3 N–H and O–H groups in total. The van der Waals surface area contributed by atoms with Gasteiger partial charge >= 0.3 is 5.97 Å². The Morgan fingerprint density at radius 2 is 2.47 bits per heavy atom. The van der Waals surface area contributed by atoms with E-state index in [0.29, 0.717) is 25.0 Å². The number of nitrogens with one attached hydrogen (secondary N) is 2. The highest BCUT2D eigenvalue weighted by Crippen LogP contribution is 2.14. The van der Waals surface area contributed by atoms with Gasteiger partial charge in [-0.25, -0.2) is 4.79 Å². The van der Waals surface area contributed by atoms with Crippen LogP contribution in [-0.2, 0) is 14.4 Å². The molecule has 1 aliphatic heterocycles. The predicted molar refractivity (Wildman–Crippen MR) is 63.7 cm³/mol. The maximum atomic E-state index is 10.9. The monoisotopic (exact) mass is 260 g/mol. The van der Waals surface area contributed by atoms with Crippen LogP contribution in [0.2, 0.25) is 0 Å². The number of hydrogen-bond acceptors (Lipinski definition) is 4. The lowest BCUT2D eigenvalue weighted by molar-refractivity contribution is -0.140. The zero-order valence-electron chi connectivity index (χ0n) is 9.35. The summed E-state index contributed by atoms with van der Waals surface area (Å²) in [6.07, 6.45) is 2.22. The zero-order valence-corrected chi connectivity index (χ0v) is 10.2. The number of carbonyl (C=O) groups excluding carboxylic acids is 2. The highest BCUT2D eigenvalue weighted by Gasteiger charge is 2.21. The number of thioether (sulfide) groups is 1. The molecule has 6 nitrogen and oxygen atoms in total. The van der Waals surface area contributed by atoms with Gasteiger partial charge in [0.1, 0.15) is 6.04 Å². The van der Waals surface area contributed by atoms with Crippen molar-refractivity contribution in [3.8, 4) is 0 Å². The van der Waals surface area contributed by atoms with Crippen LogP contribution < -0.4 is 10.6 Å². The maximum absolute atomic E-state index is 10.9. The van der Waals surface area contributed by atoms with E-state index in [1.54, 1.807) is 11.8 Å². The third-order valence-corrected chi connectivity index (χ3v) is 3.68. The molecule has 2 atom stereocenters. The molecular weight excluding hydrogens is 244 g/mol. The van der Waals surface area contributed by atoms with Gasteiger partial charge in [0, 0.05) is 18.2 Å². The lowest BCUT2D eigenvalue weighted by atomic mass is 10.2. The van der Waals surface area contributed by atoms with Gasteiger partial charge in [0.05, 0.1) is 0 Å². The molecule has 96 valence electrons. The molecule has 1 rings (SSSR count). The van der Waals surface area contributed by atoms with E-state index in [2.05, 4.69) is 10.6 Å². The van der Waals surface area contributed by atoms with E-state index in [4.69, 9.17) is 5.11 Å². The fourth-order valence-corrected chi connectivity index (χ4v) is 2.69. The highest BCUT2D eigenvalue weighted by molar-refractivity contribution is 7.99. The number of rotatable bonds is 8. The number of aliphatic carboxylic acids is 1. The second kappa shape index (κ2) is 7.16. The smallest absolute Gasteiger partial charge is 0.326 e. The number of carboxylic acids is 1. The minimum Gasteiger partial charge on any atom is -0.480 e. The minimum absolute atomic E-state index is 0.0848. The molecule has 0 aliphatic carbocycles. The zero-order chi connectivity index (χ0) is 12.7. The lowest BCUT2D eigenvalue weighted by Crippen LogP contribution is -2.36. The Labute approximate surface area is 104 Å². The van der Waals surface area contributed by atoms with Crippen LogP contribution in [0, 0.1) is 0 Å². The van der Waals surface area contributed by atoms with Gasteiger partial charge in [-0.2, -0.15) is 11.8 Å². The first kappa shape index (κ1) is 13.8. The van der Waals surface area contributed by atoms with Crippen LogP contribution in [0.3, 0.4) is 0 Å². The van der Waals surface area contributed by atoms with Crippen molar-refractivity contribution >= 4 is 30.0 Å². The fraction of sp³-hybridized carbons (Fsp3) is 0.700. The van der Waals surface area contributed by atoms with Crippen molar-refractivity contribution in [3.05, 3.63) is 0 Å². The third-order valence-electron chi connectivity index (χ3n) is 2.52. The lowest BCUT2D eigenvalue weighted by Gasteiger charge is -2.12. The molecule has 0 radical (unpaired) electrons. The first-order valence-corrected chi connectivity index (χ1v) is 6.58. The summed E-state index contributed by atoms with van der Waals surface area (Å²) in [5.74, 6) is 0.497. The molecule has 1 aliphatic rings. The average Bonchev–Trinajstić information content (AvgIpc) is 2.68. The minimum atomic E-state index is -1.02. The molecule has 0 spiro atoms. The van der Waals surface area contributed by atoms with Gasteiger partial charge in [0.15, 0.2) is 0 Å². The van der Waals surface area contributed by atoms with E-state index >= 15 is 0 Å². The first-order valence-electron chi connectivity index (χ1n) is 5.43. The topological polar surface area (TPSA) is 95.5 Å². The van der Waals surface area contributed by atoms with Crippen LogP contribution in [0.1, 0.15) is 19.3 Å². The van der Waals surface area contributed by atoms with Crippen molar-refractivity contribution in [2.24, 2.45) is 0 Å². The molecule has 0 aromatic heterocycles. The van der Waals surface area contributed by atoms with Gasteiger partial charge in [-0.05, 0) is 18.6 Å². The number of carboxylic acid groups (broad SMARTS) is 1. The summed E-state index contributed by atoms with van der Waals surface area (Å²) in [6, 6.07) is -0.618. The molecule has 0 aromatic carbocycles. The summed E-state index contributed by atoms with van der Waals surface area (Å²) in [5, 5.41) is 13.9. The van der Waals surface area contributed by atoms with Crippen LogP contribution in [-0.4, -0.2) is 47.0 Å². The number of hydrogen-bond donors (Lipinski definition) is 3. The van der Waals surface area contributed by atoms with Gasteiger partial charge in [0.2, 0.25) is 12.3 Å². The molecule has 0 saturated carbocycles. The van der Waals surface area contributed by atoms with E-state index < -0.39 is 12.0 Å². The molecule has 1 fully saturated rings. The number of carbonyl (C=O) groups is 3. The predicted octanol–water partition coefficient (Wildman–Crippen LogP) is -0.412. The van der Waals surface area contributed by atoms with Crippen molar-refractivity contribution < 1.29 is 19.5 Å². The maximum Gasteiger partial charge on any atom is 0.326 e. The van der Waals surface area contributed by atoms with Crippen LogP contribution in [0.4, 0.5) is 0 Å². The molecule has 17 heavy (non-hydrogen) atoms. The summed E-state index contributed by atoms with van der Waals surface area (Å²) in [5.41, 5.74) is 0. The molecular formula is C10H16N2O4S. The van der Waals surface area contributed by atoms with Crippen molar-refractivity contribution in [3.63, 3.8) is 0 Å². The van der Waals surface area contributed by atoms with E-state index in [1.807, 2.05) is 0 Å². The van der Waals surface area contributed by atoms with E-state index in [9.17, 15) is 14.4 Å². The van der Waals surface area contributed by atoms with Gasteiger partial charge in [-0.3, -0.25) is 9.59 Å². The Bertz CT molecular complexity index is 298. The molecule has 0 aromatic rings. The quantitative estimate of drug-likeness (QED) is 0.407. The highest BCUT2D eigenvalue weighted by atomic mass is 32.2. The van der Waals surface area contributed by atoms with Gasteiger partial charge in [0.25, 0.3) is 0 Å². The van der Waals surface area contributed by atoms with E-state index in [-0.39, 0.29) is 11.9 Å². The summed E-state index contributed by atoms with van der Waals surface area (Å²) in [6.45, 7) is 0. The molecule has 1 heterocycles. The van der Waals surface area contributed by atoms with Gasteiger partial charge < -0.3 is 15.7 Å². The molecule has 0 bridgehead atoms. The second-order valence-electron chi connectivity index (χ2n) is 3.84. The Morgan fingerprint density at radius 3 is 3.00 bits per heavy atom. The Morgan fingerprint density at radius 1 is 1.71 bits per heavy atom. The van der Waals surface area contributed by atoms with Crippen molar-refractivity contribution in [1.29, 1.82) is 0 Å². The van der Waals surface area contributed by atoms with Crippen molar-refractivity contribution in [2.75, 3.05) is 11.5 Å². The summed E-state index contributed by atoms with van der Waals surface area (Å²) in [7, 11) is 0. The van der Waals surface area contributed by atoms with Crippen molar-refractivity contribution in [2.45, 2.75) is 31.3 Å². The van der Waals surface area contributed by atoms with Crippen LogP contribution in [0.25, 0.3) is 0 Å². The molecule has 2 amide bonds. The fourth-order valence-electron chi connectivity index (χ4n) is 1.59. The normalized spacial score (nSPS) is 20.7. The van der Waals surface area contributed by atoms with E-state index in [0.717, 1.165) is 12.2 Å². The van der Waals surface area contributed by atoms with Crippen LogP contribution in [0.15, 0.2) is 0 Å². The standard InChI is InChI=1S/C10H16N2O4S/c13-6-11-8(10(15)16)3-4-17-5-7-1-2-9(14)12-7/h6-8H,1-5H2,(H,11,13)(H,12,14)(H,15,16). The van der Waals surface area contributed by atoms with Crippen LogP contribution in [0.5, 0.6) is 0 Å². The summed E-state index contributed by atoms with van der Waals surface area (Å²) in [4.78, 5) is 31.8. The summed E-state index contributed by atoms with van der Waals surface area (Å²) >= 11 is 1.59. The van der Waals surface area contributed by atoms with E-state index in [1.165, 1.54) is 0 Å². The molecule has 1 saturated heterocycles. The number of amides is 2.